The molecule has 0 atom stereocenters. The summed E-state index contributed by atoms with van der Waals surface area (Å²) >= 11 is 0. The summed E-state index contributed by atoms with van der Waals surface area (Å²) in [5.41, 5.74) is 2.63. The Kier molecular flexibility index (Phi) is 2.30. The second kappa shape index (κ2) is 3.76. The van der Waals surface area contributed by atoms with Gasteiger partial charge in [0.15, 0.2) is 12.0 Å². The van der Waals surface area contributed by atoms with Crippen LogP contribution >= 0.6 is 0 Å². The number of rotatable bonds is 2. The summed E-state index contributed by atoms with van der Waals surface area (Å²) in [4.78, 5) is 14.0. The van der Waals surface area contributed by atoms with E-state index in [1.165, 1.54) is 6.20 Å². The highest BCUT2D eigenvalue weighted by Crippen LogP contribution is 2.22. The Bertz CT molecular complexity index is 520. The molecule has 0 radical (unpaired) electrons. The highest BCUT2D eigenvalue weighted by molar-refractivity contribution is 5.85. The molecule has 1 N–H and O–H groups in total. The molecule has 0 bridgehead atoms. The summed E-state index contributed by atoms with van der Waals surface area (Å²) in [6, 6.07) is 6.98. The average molecular weight is 197 g/mol. The molecule has 4 heteroatoms. The van der Waals surface area contributed by atoms with E-state index in [0.717, 1.165) is 11.8 Å². The number of aromatic amines is 1. The fourth-order valence-electron chi connectivity index (χ4n) is 1.32. The minimum atomic E-state index is 0.519. The fraction of sp³-hybridized carbons (Fsp3) is 0. The molecular weight excluding hydrogens is 190 g/mol. The maximum atomic E-state index is 10.7. The first-order chi connectivity index (χ1) is 7.35. The van der Waals surface area contributed by atoms with Crippen molar-refractivity contribution in [2.45, 2.75) is 0 Å². The predicted molar refractivity (Wildman–Crippen MR) is 55.7 cm³/mol. The summed E-state index contributed by atoms with van der Waals surface area (Å²) in [5.74, 6) is 0. The van der Waals surface area contributed by atoms with Gasteiger partial charge in [0, 0.05) is 0 Å². The van der Waals surface area contributed by atoms with Crippen LogP contribution in [0.25, 0.3) is 16.1 Å². The van der Waals surface area contributed by atoms with Crippen molar-refractivity contribution >= 4 is 12.0 Å². The molecule has 1 aromatic carbocycles. The van der Waals surface area contributed by atoms with Gasteiger partial charge < -0.3 is 0 Å². The van der Waals surface area contributed by atoms with Crippen LogP contribution in [0.15, 0.2) is 30.5 Å². The Hall–Kier alpha value is -2.41. The zero-order chi connectivity index (χ0) is 10.7. The van der Waals surface area contributed by atoms with Crippen molar-refractivity contribution in [2.24, 2.45) is 0 Å². The molecule has 1 aromatic heterocycles. The summed E-state index contributed by atoms with van der Waals surface area (Å²) in [5, 5.41) is 6.55. The molecule has 72 valence electrons. The first-order valence-electron chi connectivity index (χ1n) is 4.31. The molecule has 0 aliphatic rings. The van der Waals surface area contributed by atoms with Gasteiger partial charge in [-0.2, -0.15) is 5.10 Å². The number of H-pyrrole nitrogens is 1. The lowest BCUT2D eigenvalue weighted by Crippen LogP contribution is -1.83. The van der Waals surface area contributed by atoms with Crippen LogP contribution < -0.4 is 0 Å². The highest BCUT2D eigenvalue weighted by Gasteiger charge is 2.05. The van der Waals surface area contributed by atoms with Gasteiger partial charge in [0.2, 0.25) is 0 Å². The van der Waals surface area contributed by atoms with E-state index in [9.17, 15) is 4.79 Å². The number of hydrogen-bond acceptors (Lipinski definition) is 2. The van der Waals surface area contributed by atoms with Crippen molar-refractivity contribution < 1.29 is 4.79 Å². The van der Waals surface area contributed by atoms with E-state index in [1.54, 1.807) is 24.3 Å². The first-order valence-corrected chi connectivity index (χ1v) is 4.31. The van der Waals surface area contributed by atoms with E-state index in [1.807, 2.05) is 0 Å². The normalized spacial score (nSPS) is 9.53. The van der Waals surface area contributed by atoms with Gasteiger partial charge in [0.1, 0.15) is 0 Å². The molecule has 0 amide bonds. The van der Waals surface area contributed by atoms with Crippen LogP contribution in [-0.4, -0.2) is 16.5 Å². The van der Waals surface area contributed by atoms with Crippen molar-refractivity contribution in [2.75, 3.05) is 0 Å². The van der Waals surface area contributed by atoms with E-state index in [0.29, 0.717) is 16.9 Å². The molecule has 0 aliphatic carbocycles. The maximum Gasteiger partial charge on any atom is 0.187 e. The monoisotopic (exact) mass is 197 g/mol. The van der Waals surface area contributed by atoms with Gasteiger partial charge in [-0.1, -0.05) is 24.3 Å². The number of hydrogen-bond donors (Lipinski definition) is 1. The number of carbonyl (C=O) groups excluding carboxylic acids is 1. The van der Waals surface area contributed by atoms with Gasteiger partial charge in [-0.15, -0.1) is 0 Å². The Morgan fingerprint density at radius 3 is 2.67 bits per heavy atom. The standard InChI is InChI=1S/C11H7N3O/c1-12-10-4-2-8(3-5-10)11-9(7-15)6-13-14-11/h2-7H,(H,13,14). The Balaban J connectivity index is 2.46. The Labute approximate surface area is 86.4 Å². The lowest BCUT2D eigenvalue weighted by molar-refractivity contribution is 0.112. The molecule has 0 aliphatic heterocycles. The van der Waals surface area contributed by atoms with Crippen molar-refractivity contribution in [3.8, 4) is 11.3 Å². The van der Waals surface area contributed by atoms with E-state index in [4.69, 9.17) is 6.57 Å². The third kappa shape index (κ3) is 1.63. The van der Waals surface area contributed by atoms with Gasteiger partial charge in [0.25, 0.3) is 0 Å². The molecule has 0 unspecified atom stereocenters. The van der Waals surface area contributed by atoms with Crippen LogP contribution in [-0.2, 0) is 0 Å². The Morgan fingerprint density at radius 2 is 2.07 bits per heavy atom. The molecular formula is C11H7N3O. The van der Waals surface area contributed by atoms with Gasteiger partial charge in [-0.05, 0) is 5.56 Å². The topological polar surface area (TPSA) is 50.1 Å². The number of nitrogens with one attached hydrogen (secondary N) is 1. The SMILES string of the molecule is [C-]#[N+]c1ccc(-c2[nH]ncc2C=O)cc1. The Morgan fingerprint density at radius 1 is 1.33 bits per heavy atom. The summed E-state index contributed by atoms with van der Waals surface area (Å²) in [6.45, 7) is 6.82. The summed E-state index contributed by atoms with van der Waals surface area (Å²) in [6.07, 6.45) is 2.23. The average Bonchev–Trinajstić information content (AvgIpc) is 2.77. The third-order valence-corrected chi connectivity index (χ3v) is 2.08. The van der Waals surface area contributed by atoms with Gasteiger partial charge in [-0.25, -0.2) is 4.85 Å². The van der Waals surface area contributed by atoms with Crippen molar-refractivity contribution in [3.63, 3.8) is 0 Å². The molecule has 15 heavy (non-hydrogen) atoms. The van der Waals surface area contributed by atoms with Crippen LogP contribution in [0.4, 0.5) is 5.69 Å². The van der Waals surface area contributed by atoms with Crippen molar-refractivity contribution in [3.05, 3.63) is 47.4 Å². The van der Waals surface area contributed by atoms with E-state index < -0.39 is 0 Å². The zero-order valence-corrected chi connectivity index (χ0v) is 7.77. The van der Waals surface area contributed by atoms with Crippen molar-refractivity contribution in [1.82, 2.24) is 10.2 Å². The molecule has 4 nitrogen and oxygen atoms in total. The van der Waals surface area contributed by atoms with Crippen molar-refractivity contribution in [1.29, 1.82) is 0 Å². The molecule has 0 fully saturated rings. The molecule has 0 saturated heterocycles. The van der Waals surface area contributed by atoms with Crippen LogP contribution in [0.5, 0.6) is 0 Å². The minimum Gasteiger partial charge on any atom is -0.298 e. The maximum absolute atomic E-state index is 10.7. The number of aromatic nitrogens is 2. The molecule has 2 rings (SSSR count). The number of aldehydes is 1. The number of nitrogens with zero attached hydrogens (tertiary/aromatic N) is 2. The largest absolute Gasteiger partial charge is 0.298 e. The molecule has 1 heterocycles. The lowest BCUT2D eigenvalue weighted by atomic mass is 10.1. The first kappa shape index (κ1) is 9.16. The molecule has 0 saturated carbocycles. The summed E-state index contributed by atoms with van der Waals surface area (Å²) < 4.78 is 0. The van der Waals surface area contributed by atoms with Gasteiger partial charge in [0.05, 0.1) is 24.0 Å². The summed E-state index contributed by atoms with van der Waals surface area (Å²) in [7, 11) is 0. The van der Waals surface area contributed by atoms with E-state index in [-0.39, 0.29) is 0 Å². The highest BCUT2D eigenvalue weighted by atomic mass is 16.1. The predicted octanol–water partition coefficient (Wildman–Crippen LogP) is 2.44. The van der Waals surface area contributed by atoms with E-state index in [2.05, 4.69) is 15.0 Å². The quantitative estimate of drug-likeness (QED) is 0.593. The minimum absolute atomic E-state index is 0.519. The van der Waals surface area contributed by atoms with Gasteiger partial charge >= 0.3 is 0 Å². The molecule has 2 aromatic rings. The van der Waals surface area contributed by atoms with Crippen LogP contribution in [0, 0.1) is 6.57 Å². The van der Waals surface area contributed by atoms with Crippen LogP contribution in [0.1, 0.15) is 10.4 Å². The second-order valence-electron chi connectivity index (χ2n) is 2.98. The van der Waals surface area contributed by atoms with Crippen LogP contribution in [0.2, 0.25) is 0 Å². The van der Waals surface area contributed by atoms with E-state index >= 15 is 0 Å². The number of benzene rings is 1. The number of carbonyl (C=O) groups is 1. The lowest BCUT2D eigenvalue weighted by Gasteiger charge is -1.98. The smallest absolute Gasteiger partial charge is 0.187 e. The fourth-order valence-corrected chi connectivity index (χ4v) is 1.32. The van der Waals surface area contributed by atoms with Gasteiger partial charge in [-0.3, -0.25) is 9.89 Å². The third-order valence-electron chi connectivity index (χ3n) is 2.08. The zero-order valence-electron chi connectivity index (χ0n) is 7.77. The van der Waals surface area contributed by atoms with Crippen LogP contribution in [0.3, 0.4) is 0 Å². The molecule has 0 spiro atoms. The second-order valence-corrected chi connectivity index (χ2v) is 2.98.